The number of nitrogens with zero attached hydrogens (tertiary/aromatic N) is 5. The second-order valence-corrected chi connectivity index (χ2v) is 8.74. The molecule has 188 valence electrons. The summed E-state index contributed by atoms with van der Waals surface area (Å²) < 4.78 is 26.8. The van der Waals surface area contributed by atoms with Crippen LogP contribution in [-0.4, -0.2) is 71.1 Å². The Morgan fingerprint density at radius 2 is 1.72 bits per heavy atom. The van der Waals surface area contributed by atoms with Crippen LogP contribution in [0.3, 0.4) is 0 Å². The van der Waals surface area contributed by atoms with E-state index >= 15 is 0 Å². The molecular formula is C27H29F2N5O2. The molecule has 1 saturated heterocycles. The highest BCUT2D eigenvalue weighted by Crippen LogP contribution is 2.20. The molecule has 9 heteroatoms. The van der Waals surface area contributed by atoms with Crippen molar-refractivity contribution in [3.63, 3.8) is 0 Å². The van der Waals surface area contributed by atoms with Gasteiger partial charge < -0.3 is 14.7 Å². The maximum Gasteiger partial charge on any atom is 0.254 e. The molecule has 0 unspecified atom stereocenters. The van der Waals surface area contributed by atoms with Crippen molar-refractivity contribution in [2.24, 2.45) is 0 Å². The highest BCUT2D eigenvalue weighted by atomic mass is 19.1. The summed E-state index contributed by atoms with van der Waals surface area (Å²) in [4.78, 5) is 31.3. The molecule has 1 fully saturated rings. The van der Waals surface area contributed by atoms with E-state index in [1.807, 2.05) is 19.1 Å². The van der Waals surface area contributed by atoms with Crippen molar-refractivity contribution in [2.45, 2.75) is 19.8 Å². The summed E-state index contributed by atoms with van der Waals surface area (Å²) in [5.41, 5.74) is 1.68. The number of halogens is 2. The van der Waals surface area contributed by atoms with Gasteiger partial charge in [-0.1, -0.05) is 13.0 Å². The molecule has 0 atom stereocenters. The summed E-state index contributed by atoms with van der Waals surface area (Å²) >= 11 is 0. The Balaban J connectivity index is 1.37. The van der Waals surface area contributed by atoms with Gasteiger partial charge in [-0.3, -0.25) is 9.59 Å². The number of hydrogen-bond donors (Lipinski definition) is 0. The molecule has 0 N–H and O–H groups in total. The maximum absolute atomic E-state index is 13.6. The van der Waals surface area contributed by atoms with Crippen molar-refractivity contribution in [1.29, 1.82) is 0 Å². The molecule has 36 heavy (non-hydrogen) atoms. The molecule has 3 aromatic rings. The Morgan fingerprint density at radius 1 is 0.917 bits per heavy atom. The molecule has 2 heterocycles. The SMILES string of the molecule is CCCN(CC(=O)N1CCCN(c2ccc(-c3ccc(F)cc3)nn2)CC1)C(=O)c1cccc(F)c1. The molecule has 2 aromatic carbocycles. The predicted octanol–water partition coefficient (Wildman–Crippen LogP) is 4.01. The standard InChI is InChI=1S/C27H29F2N5O2/c1-2-13-34(27(36)21-5-3-6-23(29)18-21)19-26(35)33-15-4-14-32(16-17-33)25-12-11-24(30-31-25)20-7-9-22(28)10-8-20/h3,5-12,18H,2,4,13-17,19H2,1H3. The van der Waals surface area contributed by atoms with Crippen LogP contribution in [0.25, 0.3) is 11.3 Å². The second kappa shape index (κ2) is 11.7. The zero-order valence-corrected chi connectivity index (χ0v) is 20.2. The summed E-state index contributed by atoms with van der Waals surface area (Å²) in [6.45, 7) is 4.67. The minimum absolute atomic E-state index is 0.0463. The van der Waals surface area contributed by atoms with Gasteiger partial charge in [0.1, 0.15) is 18.2 Å². The van der Waals surface area contributed by atoms with Crippen LogP contribution in [0.2, 0.25) is 0 Å². The Morgan fingerprint density at radius 3 is 2.42 bits per heavy atom. The van der Waals surface area contributed by atoms with E-state index < -0.39 is 5.82 Å². The van der Waals surface area contributed by atoms with Crippen molar-refractivity contribution in [3.05, 3.63) is 77.9 Å². The highest BCUT2D eigenvalue weighted by molar-refractivity contribution is 5.96. The zero-order valence-electron chi connectivity index (χ0n) is 20.2. The molecule has 0 radical (unpaired) electrons. The summed E-state index contributed by atoms with van der Waals surface area (Å²) in [5, 5.41) is 8.63. The number of carbonyl (C=O) groups is 2. The van der Waals surface area contributed by atoms with E-state index in [0.29, 0.717) is 44.1 Å². The van der Waals surface area contributed by atoms with Crippen molar-refractivity contribution >= 4 is 17.6 Å². The Bertz CT molecular complexity index is 1190. The topological polar surface area (TPSA) is 69.6 Å². The van der Waals surface area contributed by atoms with Gasteiger partial charge in [-0.2, -0.15) is 0 Å². The average molecular weight is 494 g/mol. The molecule has 1 aliphatic heterocycles. The Hall–Kier alpha value is -3.88. The average Bonchev–Trinajstić information content (AvgIpc) is 3.15. The molecule has 0 aliphatic carbocycles. The van der Waals surface area contributed by atoms with Gasteiger partial charge in [-0.05, 0) is 67.4 Å². The third-order valence-electron chi connectivity index (χ3n) is 6.14. The van der Waals surface area contributed by atoms with Crippen LogP contribution in [0, 0.1) is 11.6 Å². The minimum atomic E-state index is -0.481. The first-order chi connectivity index (χ1) is 17.4. The van der Waals surface area contributed by atoms with E-state index in [9.17, 15) is 18.4 Å². The number of benzene rings is 2. The van der Waals surface area contributed by atoms with Gasteiger partial charge in [0.05, 0.1) is 5.69 Å². The van der Waals surface area contributed by atoms with E-state index in [1.165, 1.54) is 35.2 Å². The smallest absolute Gasteiger partial charge is 0.254 e. The van der Waals surface area contributed by atoms with Crippen LogP contribution in [0.5, 0.6) is 0 Å². The number of hydrogen-bond acceptors (Lipinski definition) is 5. The fourth-order valence-corrected chi connectivity index (χ4v) is 4.25. The third kappa shape index (κ3) is 6.21. The molecule has 0 saturated carbocycles. The first-order valence-corrected chi connectivity index (χ1v) is 12.1. The fourth-order valence-electron chi connectivity index (χ4n) is 4.25. The largest absolute Gasteiger partial charge is 0.353 e. The zero-order chi connectivity index (χ0) is 25.5. The van der Waals surface area contributed by atoms with Crippen LogP contribution in [0.4, 0.5) is 14.6 Å². The van der Waals surface area contributed by atoms with Crippen molar-refractivity contribution in [3.8, 4) is 11.3 Å². The Kier molecular flexibility index (Phi) is 8.20. The molecule has 1 aromatic heterocycles. The molecule has 4 rings (SSSR count). The fraction of sp³-hybridized carbons (Fsp3) is 0.333. The third-order valence-corrected chi connectivity index (χ3v) is 6.14. The van der Waals surface area contributed by atoms with Crippen LogP contribution < -0.4 is 4.90 Å². The van der Waals surface area contributed by atoms with Crippen LogP contribution in [0.1, 0.15) is 30.1 Å². The lowest BCUT2D eigenvalue weighted by Gasteiger charge is -2.27. The first kappa shape index (κ1) is 25.2. The maximum atomic E-state index is 13.6. The monoisotopic (exact) mass is 493 g/mol. The van der Waals surface area contributed by atoms with Gasteiger partial charge in [0, 0.05) is 43.9 Å². The van der Waals surface area contributed by atoms with Crippen LogP contribution >= 0.6 is 0 Å². The lowest BCUT2D eigenvalue weighted by Crippen LogP contribution is -2.44. The normalized spacial score (nSPS) is 13.9. The van der Waals surface area contributed by atoms with Gasteiger partial charge in [-0.15, -0.1) is 10.2 Å². The van der Waals surface area contributed by atoms with Gasteiger partial charge in [0.15, 0.2) is 5.82 Å². The number of anilines is 1. The van der Waals surface area contributed by atoms with Gasteiger partial charge in [0.2, 0.25) is 5.91 Å². The minimum Gasteiger partial charge on any atom is -0.353 e. The molecule has 0 spiro atoms. The van der Waals surface area contributed by atoms with E-state index in [4.69, 9.17) is 0 Å². The summed E-state index contributed by atoms with van der Waals surface area (Å²) in [6, 6.07) is 15.4. The van der Waals surface area contributed by atoms with Gasteiger partial charge >= 0.3 is 0 Å². The van der Waals surface area contributed by atoms with Crippen LogP contribution in [-0.2, 0) is 4.79 Å². The van der Waals surface area contributed by atoms with Crippen molar-refractivity contribution in [1.82, 2.24) is 20.0 Å². The second-order valence-electron chi connectivity index (χ2n) is 8.74. The van der Waals surface area contributed by atoms with E-state index in [-0.39, 0.29) is 29.7 Å². The highest BCUT2D eigenvalue weighted by Gasteiger charge is 2.24. The molecule has 7 nitrogen and oxygen atoms in total. The molecule has 1 aliphatic rings. The molecular weight excluding hydrogens is 464 g/mol. The summed E-state index contributed by atoms with van der Waals surface area (Å²) in [5.74, 6) is -0.553. The predicted molar refractivity (Wildman–Crippen MR) is 133 cm³/mol. The summed E-state index contributed by atoms with van der Waals surface area (Å²) in [6.07, 6.45) is 1.44. The van der Waals surface area contributed by atoms with E-state index in [2.05, 4.69) is 15.1 Å². The number of carbonyl (C=O) groups excluding carboxylic acids is 2. The number of aromatic nitrogens is 2. The van der Waals surface area contributed by atoms with Crippen LogP contribution in [0.15, 0.2) is 60.7 Å². The Labute approximate surface area is 209 Å². The number of amides is 2. The van der Waals surface area contributed by atoms with E-state index in [1.54, 1.807) is 23.1 Å². The van der Waals surface area contributed by atoms with Gasteiger partial charge in [0.25, 0.3) is 5.91 Å². The van der Waals surface area contributed by atoms with Crippen molar-refractivity contribution < 1.29 is 18.4 Å². The number of rotatable bonds is 7. The van der Waals surface area contributed by atoms with Crippen molar-refractivity contribution in [2.75, 3.05) is 44.2 Å². The lowest BCUT2D eigenvalue weighted by atomic mass is 10.1. The molecule has 2 amide bonds. The lowest BCUT2D eigenvalue weighted by molar-refractivity contribution is -0.131. The quantitative estimate of drug-likeness (QED) is 0.498. The van der Waals surface area contributed by atoms with E-state index in [0.717, 1.165) is 18.5 Å². The molecule has 0 bridgehead atoms. The van der Waals surface area contributed by atoms with Gasteiger partial charge in [-0.25, -0.2) is 8.78 Å². The summed E-state index contributed by atoms with van der Waals surface area (Å²) in [7, 11) is 0. The first-order valence-electron chi connectivity index (χ1n) is 12.1.